The summed E-state index contributed by atoms with van der Waals surface area (Å²) in [7, 11) is -4.51. The van der Waals surface area contributed by atoms with Gasteiger partial charge in [-0.1, -0.05) is 12.1 Å². The summed E-state index contributed by atoms with van der Waals surface area (Å²) in [5, 5.41) is 1.10. The smallest absolute Gasteiger partial charge is 0.323 e. The molecule has 2 aliphatic rings. The Labute approximate surface area is 148 Å². The number of oxazole rings is 1. The largest absolute Gasteiger partial charge is 0.444 e. The van der Waals surface area contributed by atoms with Crippen molar-refractivity contribution in [2.75, 3.05) is 18.4 Å². The third-order valence-electron chi connectivity index (χ3n) is 4.38. The number of hydrogen-bond donors (Lipinski definition) is 2. The Kier molecular flexibility index (Phi) is 3.79. The first-order valence-electron chi connectivity index (χ1n) is 7.68. The van der Waals surface area contributed by atoms with Crippen LogP contribution >= 0.6 is 0 Å². The highest BCUT2D eigenvalue weighted by Gasteiger charge is 2.60. The van der Waals surface area contributed by atoms with Crippen molar-refractivity contribution in [3.63, 3.8) is 0 Å². The molecule has 2 amide bonds. The first-order valence-corrected chi connectivity index (χ1v) is 9.19. The molecule has 3 heterocycles. The number of urea groups is 1. The maximum atomic E-state index is 12.5. The average molecular weight is 378 g/mol. The number of anilines is 1. The molecule has 2 aliphatic heterocycles. The fourth-order valence-corrected chi connectivity index (χ4v) is 4.23. The van der Waals surface area contributed by atoms with Crippen molar-refractivity contribution in [3.05, 3.63) is 36.9 Å². The van der Waals surface area contributed by atoms with Gasteiger partial charge < -0.3 is 14.6 Å². The third-order valence-corrected chi connectivity index (χ3v) is 5.45. The van der Waals surface area contributed by atoms with E-state index in [9.17, 15) is 18.0 Å². The zero-order chi connectivity index (χ0) is 18.5. The molecule has 2 fully saturated rings. The van der Waals surface area contributed by atoms with E-state index in [2.05, 4.69) is 10.3 Å². The van der Waals surface area contributed by atoms with Crippen LogP contribution in [0.5, 0.6) is 0 Å². The van der Waals surface area contributed by atoms with E-state index in [0.717, 1.165) is 5.56 Å². The molecule has 10 nitrogen and oxygen atoms in total. The van der Waals surface area contributed by atoms with Crippen molar-refractivity contribution < 1.29 is 27.0 Å². The number of carbonyl (C=O) groups excluding carboxylic acids is 2. The summed E-state index contributed by atoms with van der Waals surface area (Å²) in [5.41, 5.74) is 1.20. The van der Waals surface area contributed by atoms with Crippen molar-refractivity contribution >= 4 is 27.6 Å². The van der Waals surface area contributed by atoms with Gasteiger partial charge in [-0.25, -0.2) is 9.78 Å². The number of amides is 2. The molecule has 1 aromatic heterocycles. The fourth-order valence-electron chi connectivity index (χ4n) is 3.25. The summed E-state index contributed by atoms with van der Waals surface area (Å²) in [6.45, 7) is 0.364. The van der Waals surface area contributed by atoms with Gasteiger partial charge in [-0.3, -0.25) is 14.2 Å². The van der Waals surface area contributed by atoms with Crippen LogP contribution in [0.3, 0.4) is 0 Å². The molecule has 2 unspecified atom stereocenters. The quantitative estimate of drug-likeness (QED) is 0.743. The lowest BCUT2D eigenvalue weighted by Crippen LogP contribution is -2.69. The van der Waals surface area contributed by atoms with Crippen molar-refractivity contribution in [2.24, 2.45) is 0 Å². The lowest BCUT2D eigenvalue weighted by atomic mass is 10.1. The van der Waals surface area contributed by atoms with Gasteiger partial charge in [-0.15, -0.1) is 0 Å². The van der Waals surface area contributed by atoms with Gasteiger partial charge in [0.1, 0.15) is 0 Å². The number of aromatic nitrogens is 1. The van der Waals surface area contributed by atoms with E-state index in [1.54, 1.807) is 30.5 Å². The highest BCUT2D eigenvalue weighted by molar-refractivity contribution is 7.87. The van der Waals surface area contributed by atoms with E-state index in [-0.39, 0.29) is 13.1 Å². The van der Waals surface area contributed by atoms with E-state index < -0.39 is 33.5 Å². The fraction of sp³-hybridized carbons (Fsp3) is 0.267. The highest BCUT2D eigenvalue weighted by atomic mass is 32.2. The predicted molar refractivity (Wildman–Crippen MR) is 88.5 cm³/mol. The van der Waals surface area contributed by atoms with Gasteiger partial charge in [0.15, 0.2) is 18.3 Å². The van der Waals surface area contributed by atoms with Gasteiger partial charge in [0.05, 0.1) is 6.20 Å². The second-order valence-electron chi connectivity index (χ2n) is 5.95. The van der Waals surface area contributed by atoms with Crippen molar-refractivity contribution in [2.45, 2.75) is 11.5 Å². The zero-order valence-electron chi connectivity index (χ0n) is 13.3. The minimum Gasteiger partial charge on any atom is -0.444 e. The molecule has 2 atom stereocenters. The predicted octanol–water partition coefficient (Wildman–Crippen LogP) is 0.614. The van der Waals surface area contributed by atoms with Gasteiger partial charge in [-0.2, -0.15) is 8.42 Å². The maximum Gasteiger partial charge on any atom is 0.323 e. The number of fused-ring (bicyclic) bond motifs is 1. The van der Waals surface area contributed by atoms with Gasteiger partial charge in [0.2, 0.25) is 11.2 Å². The molecule has 26 heavy (non-hydrogen) atoms. The Balaban J connectivity index is 1.49. The number of benzene rings is 1. The van der Waals surface area contributed by atoms with Crippen LogP contribution in [-0.2, 0) is 14.9 Å². The summed E-state index contributed by atoms with van der Waals surface area (Å²) < 4.78 is 36.8. The minimum absolute atomic E-state index is 0.177. The first kappa shape index (κ1) is 16.7. The van der Waals surface area contributed by atoms with Crippen LogP contribution in [0.15, 0.2) is 41.3 Å². The normalized spacial score (nSPS) is 22.8. The minimum atomic E-state index is -4.51. The molecule has 1 aromatic carbocycles. The van der Waals surface area contributed by atoms with Crippen LogP contribution in [0.25, 0.3) is 11.3 Å². The van der Waals surface area contributed by atoms with Crippen LogP contribution < -0.4 is 5.32 Å². The number of carbonyl (C=O) groups is 2. The van der Waals surface area contributed by atoms with Crippen LogP contribution in [0.4, 0.5) is 10.5 Å². The molecule has 2 N–H and O–H groups in total. The Morgan fingerprint density at radius 1 is 1.35 bits per heavy atom. The van der Waals surface area contributed by atoms with Crippen LogP contribution in [0, 0.1) is 0 Å². The van der Waals surface area contributed by atoms with E-state index in [1.807, 2.05) is 0 Å². The number of nitrogens with one attached hydrogen (secondary N) is 1. The summed E-state index contributed by atoms with van der Waals surface area (Å²) in [5.74, 6) is -0.172. The van der Waals surface area contributed by atoms with E-state index in [0.29, 0.717) is 11.4 Å². The van der Waals surface area contributed by atoms with Crippen molar-refractivity contribution in [1.29, 1.82) is 0 Å². The van der Waals surface area contributed by atoms with Gasteiger partial charge >= 0.3 is 6.03 Å². The molecular formula is C15H14N4O6S. The van der Waals surface area contributed by atoms with Gasteiger partial charge in [-0.05, 0) is 12.1 Å². The summed E-state index contributed by atoms with van der Waals surface area (Å²) in [4.78, 5) is 30.9. The number of nitrogens with zero attached hydrogens (tertiary/aromatic N) is 3. The SMILES string of the molecule is O=C1C2N(C(=O)Nc3cccc(-c4cnco4)c3)CCN2C1S(=O)(=O)O. The standard InChI is InChI=1S/C15H14N4O6S/c20-12-13-18(14(12)26(22,23)24)4-5-19(13)15(21)17-10-3-1-2-9(6-10)11-7-16-8-25-11/h1-3,6-8,13-14H,4-5H2,(H,17,21)(H,22,23,24). The summed E-state index contributed by atoms with van der Waals surface area (Å²) in [6, 6.07) is 6.35. The average Bonchev–Trinajstić information content (AvgIpc) is 3.21. The molecule has 0 radical (unpaired) electrons. The Morgan fingerprint density at radius 2 is 2.15 bits per heavy atom. The highest BCUT2D eigenvalue weighted by Crippen LogP contribution is 2.33. The van der Waals surface area contributed by atoms with Gasteiger partial charge in [0.25, 0.3) is 10.1 Å². The summed E-state index contributed by atoms with van der Waals surface area (Å²) >= 11 is 0. The Morgan fingerprint density at radius 3 is 2.85 bits per heavy atom. The van der Waals surface area contributed by atoms with E-state index >= 15 is 0 Å². The lowest BCUT2D eigenvalue weighted by molar-refractivity contribution is -0.141. The second kappa shape index (κ2) is 5.90. The molecule has 4 rings (SSSR count). The molecular weight excluding hydrogens is 364 g/mol. The molecule has 0 aliphatic carbocycles. The molecule has 136 valence electrons. The third kappa shape index (κ3) is 2.66. The van der Waals surface area contributed by atoms with E-state index in [4.69, 9.17) is 8.97 Å². The monoisotopic (exact) mass is 378 g/mol. The maximum absolute atomic E-state index is 12.5. The van der Waals surface area contributed by atoms with E-state index in [1.165, 1.54) is 16.2 Å². The molecule has 11 heteroatoms. The zero-order valence-corrected chi connectivity index (χ0v) is 14.1. The number of ketones is 1. The van der Waals surface area contributed by atoms with Crippen molar-refractivity contribution in [1.82, 2.24) is 14.8 Å². The first-order chi connectivity index (χ1) is 12.4. The summed E-state index contributed by atoms with van der Waals surface area (Å²) in [6.07, 6.45) is 1.87. The van der Waals surface area contributed by atoms with Crippen LogP contribution in [0.1, 0.15) is 0 Å². The molecule has 2 saturated heterocycles. The van der Waals surface area contributed by atoms with Crippen molar-refractivity contribution in [3.8, 4) is 11.3 Å². The number of Topliss-reactive ketones (excluding diaryl/α,β-unsaturated/α-hetero) is 1. The number of rotatable bonds is 3. The topological polar surface area (TPSA) is 133 Å². The molecule has 0 spiro atoms. The van der Waals surface area contributed by atoms with Crippen LogP contribution in [-0.4, -0.2) is 64.2 Å². The second-order valence-corrected chi connectivity index (χ2v) is 7.43. The lowest BCUT2D eigenvalue weighted by Gasteiger charge is -2.41. The molecule has 0 saturated carbocycles. The van der Waals surface area contributed by atoms with Gasteiger partial charge in [0, 0.05) is 24.3 Å². The number of hydrogen-bond acceptors (Lipinski definition) is 7. The van der Waals surface area contributed by atoms with Crippen LogP contribution in [0.2, 0.25) is 0 Å². The molecule has 2 aromatic rings. The molecule has 0 bridgehead atoms. The Hall–Kier alpha value is -2.76. The Bertz CT molecular complexity index is 974.